The van der Waals surface area contributed by atoms with Gasteiger partial charge < -0.3 is 5.11 Å². The Labute approximate surface area is 117 Å². The van der Waals surface area contributed by atoms with E-state index in [-0.39, 0.29) is 4.88 Å². The molecule has 0 radical (unpaired) electrons. The minimum atomic E-state index is -4.46. The number of alkyl halides is 3. The number of fused-ring (bicyclic) bond motifs is 1. The fraction of sp³-hybridized carbons (Fsp3) is 0.357. The van der Waals surface area contributed by atoms with Crippen LogP contribution in [0.25, 0.3) is 0 Å². The van der Waals surface area contributed by atoms with E-state index in [1.165, 1.54) is 0 Å². The standard InChI is InChI=1S/C14H12F3NOS/c1-8-2-3-9-4-5-13(19,10(9)6-8)11-7-18-12(20-11)14(15,16)17/h2-3,6-7,19H,4-5H2,1H3. The smallest absolute Gasteiger partial charge is 0.379 e. The lowest BCUT2D eigenvalue weighted by molar-refractivity contribution is -0.137. The van der Waals surface area contributed by atoms with Crippen molar-refractivity contribution >= 4 is 11.3 Å². The van der Waals surface area contributed by atoms with Crippen LogP contribution in [0, 0.1) is 6.92 Å². The summed E-state index contributed by atoms with van der Waals surface area (Å²) < 4.78 is 37.9. The number of benzene rings is 1. The van der Waals surface area contributed by atoms with Gasteiger partial charge in [0.05, 0.1) is 4.88 Å². The first-order chi connectivity index (χ1) is 9.30. The van der Waals surface area contributed by atoms with Crippen molar-refractivity contribution in [1.82, 2.24) is 4.98 Å². The van der Waals surface area contributed by atoms with Gasteiger partial charge in [0.2, 0.25) is 0 Å². The highest BCUT2D eigenvalue weighted by Crippen LogP contribution is 2.45. The Bertz CT molecular complexity index is 665. The Kier molecular flexibility index (Phi) is 2.92. The molecule has 2 nitrogen and oxygen atoms in total. The second-order valence-corrected chi connectivity index (χ2v) is 6.08. The molecule has 20 heavy (non-hydrogen) atoms. The van der Waals surface area contributed by atoms with Gasteiger partial charge in [-0.1, -0.05) is 23.8 Å². The Morgan fingerprint density at radius 2 is 2.10 bits per heavy atom. The molecule has 0 aliphatic heterocycles. The highest BCUT2D eigenvalue weighted by Gasteiger charge is 2.42. The topological polar surface area (TPSA) is 33.1 Å². The maximum Gasteiger partial charge on any atom is 0.443 e. The number of aryl methyl sites for hydroxylation is 2. The van der Waals surface area contributed by atoms with Crippen LogP contribution < -0.4 is 0 Å². The normalized spacial score (nSPS) is 22.1. The second kappa shape index (κ2) is 4.30. The number of rotatable bonds is 1. The van der Waals surface area contributed by atoms with Gasteiger partial charge in [0, 0.05) is 6.20 Å². The average Bonchev–Trinajstić information content (AvgIpc) is 2.96. The average molecular weight is 299 g/mol. The van der Waals surface area contributed by atoms with Crippen LogP contribution in [-0.4, -0.2) is 10.1 Å². The Balaban J connectivity index is 2.07. The van der Waals surface area contributed by atoms with Crippen LogP contribution in [0.15, 0.2) is 24.4 Å². The number of nitrogens with zero attached hydrogens (tertiary/aromatic N) is 1. The Morgan fingerprint density at radius 1 is 1.35 bits per heavy atom. The molecule has 0 saturated carbocycles. The first kappa shape index (κ1) is 13.6. The molecule has 1 unspecified atom stereocenters. The summed E-state index contributed by atoms with van der Waals surface area (Å²) in [7, 11) is 0. The van der Waals surface area contributed by atoms with E-state index < -0.39 is 16.8 Å². The molecule has 3 rings (SSSR count). The third-order valence-electron chi connectivity index (χ3n) is 3.62. The molecule has 1 aliphatic rings. The van der Waals surface area contributed by atoms with Gasteiger partial charge in [0.1, 0.15) is 5.60 Å². The Hall–Kier alpha value is -1.40. The molecular formula is C14H12F3NOS. The molecule has 1 N–H and O–H groups in total. The van der Waals surface area contributed by atoms with E-state index in [9.17, 15) is 18.3 Å². The van der Waals surface area contributed by atoms with Gasteiger partial charge in [-0.2, -0.15) is 13.2 Å². The molecule has 6 heteroatoms. The molecule has 0 saturated heterocycles. The quantitative estimate of drug-likeness (QED) is 0.872. The molecule has 1 atom stereocenters. The second-order valence-electron chi connectivity index (χ2n) is 5.05. The molecule has 1 aromatic carbocycles. The highest BCUT2D eigenvalue weighted by molar-refractivity contribution is 7.11. The van der Waals surface area contributed by atoms with E-state index in [1.807, 2.05) is 25.1 Å². The van der Waals surface area contributed by atoms with Gasteiger partial charge in [-0.25, -0.2) is 4.98 Å². The monoisotopic (exact) mass is 299 g/mol. The third-order valence-corrected chi connectivity index (χ3v) is 4.82. The predicted molar refractivity (Wildman–Crippen MR) is 69.6 cm³/mol. The molecule has 1 aromatic heterocycles. The highest BCUT2D eigenvalue weighted by atomic mass is 32.1. The first-order valence-electron chi connectivity index (χ1n) is 6.16. The van der Waals surface area contributed by atoms with Crippen molar-refractivity contribution in [3.8, 4) is 0 Å². The van der Waals surface area contributed by atoms with Crippen LogP contribution in [-0.2, 0) is 18.2 Å². The van der Waals surface area contributed by atoms with E-state index in [0.717, 1.165) is 17.3 Å². The molecule has 0 fully saturated rings. The lowest BCUT2D eigenvalue weighted by Crippen LogP contribution is -2.22. The van der Waals surface area contributed by atoms with Crippen molar-refractivity contribution in [3.63, 3.8) is 0 Å². The summed E-state index contributed by atoms with van der Waals surface area (Å²) in [5, 5.41) is 9.91. The summed E-state index contributed by atoms with van der Waals surface area (Å²) in [5.41, 5.74) is 1.32. The largest absolute Gasteiger partial charge is 0.443 e. The number of aliphatic hydroxyl groups is 1. The molecule has 106 valence electrons. The predicted octanol–water partition coefficient (Wildman–Crippen LogP) is 3.65. The molecular weight excluding hydrogens is 287 g/mol. The first-order valence-corrected chi connectivity index (χ1v) is 6.98. The fourth-order valence-corrected chi connectivity index (χ4v) is 3.51. The molecule has 1 heterocycles. The zero-order valence-electron chi connectivity index (χ0n) is 10.7. The van der Waals surface area contributed by atoms with Gasteiger partial charge >= 0.3 is 6.18 Å². The summed E-state index contributed by atoms with van der Waals surface area (Å²) >= 11 is 0.519. The number of thiazole rings is 1. The maximum atomic E-state index is 12.6. The zero-order valence-corrected chi connectivity index (χ0v) is 11.5. The molecule has 1 aliphatic carbocycles. The minimum Gasteiger partial charge on any atom is -0.379 e. The van der Waals surface area contributed by atoms with Crippen molar-refractivity contribution in [1.29, 1.82) is 0 Å². The summed E-state index contributed by atoms with van der Waals surface area (Å²) in [5.74, 6) is 0. The molecule has 0 spiro atoms. The molecule has 0 amide bonds. The lowest BCUT2D eigenvalue weighted by atomic mass is 9.93. The number of hydrogen-bond acceptors (Lipinski definition) is 3. The van der Waals surface area contributed by atoms with Crippen molar-refractivity contribution in [3.05, 3.63) is 51.0 Å². The molecule has 0 bridgehead atoms. The zero-order chi connectivity index (χ0) is 14.5. The maximum absolute atomic E-state index is 12.6. The summed E-state index contributed by atoms with van der Waals surface area (Å²) in [6.45, 7) is 1.90. The van der Waals surface area contributed by atoms with E-state index in [1.54, 1.807) is 0 Å². The van der Waals surface area contributed by atoms with Crippen LogP contribution in [0.4, 0.5) is 13.2 Å². The van der Waals surface area contributed by atoms with Gasteiger partial charge in [-0.05, 0) is 30.9 Å². The number of halogens is 3. The van der Waals surface area contributed by atoms with Crippen LogP contribution in [0.2, 0.25) is 0 Å². The van der Waals surface area contributed by atoms with Gasteiger partial charge in [0.25, 0.3) is 0 Å². The lowest BCUT2D eigenvalue weighted by Gasteiger charge is -2.22. The van der Waals surface area contributed by atoms with Gasteiger partial charge in [-0.15, -0.1) is 11.3 Å². The van der Waals surface area contributed by atoms with Crippen LogP contribution in [0.1, 0.15) is 33.0 Å². The van der Waals surface area contributed by atoms with Crippen molar-refractivity contribution in [2.24, 2.45) is 0 Å². The van der Waals surface area contributed by atoms with Gasteiger partial charge in [0.15, 0.2) is 5.01 Å². The van der Waals surface area contributed by atoms with Crippen LogP contribution >= 0.6 is 11.3 Å². The SMILES string of the molecule is Cc1ccc2c(c1)C(O)(c1cnc(C(F)(F)F)s1)CC2. The summed E-state index contributed by atoms with van der Waals surface area (Å²) in [6.07, 6.45) is -2.27. The summed E-state index contributed by atoms with van der Waals surface area (Å²) in [6, 6.07) is 5.71. The van der Waals surface area contributed by atoms with E-state index in [2.05, 4.69) is 4.98 Å². The van der Waals surface area contributed by atoms with Crippen molar-refractivity contribution in [2.75, 3.05) is 0 Å². The fourth-order valence-electron chi connectivity index (χ4n) is 2.60. The van der Waals surface area contributed by atoms with E-state index >= 15 is 0 Å². The molecule has 2 aromatic rings. The van der Waals surface area contributed by atoms with Gasteiger partial charge in [-0.3, -0.25) is 0 Å². The summed E-state index contributed by atoms with van der Waals surface area (Å²) in [4.78, 5) is 3.66. The van der Waals surface area contributed by atoms with Crippen molar-refractivity contribution in [2.45, 2.75) is 31.5 Å². The van der Waals surface area contributed by atoms with Crippen LogP contribution in [0.5, 0.6) is 0 Å². The minimum absolute atomic E-state index is 0.258. The van der Waals surface area contributed by atoms with Crippen LogP contribution in [0.3, 0.4) is 0 Å². The van der Waals surface area contributed by atoms with Crippen molar-refractivity contribution < 1.29 is 18.3 Å². The number of aromatic nitrogens is 1. The van der Waals surface area contributed by atoms with E-state index in [4.69, 9.17) is 0 Å². The number of hydrogen-bond donors (Lipinski definition) is 1. The van der Waals surface area contributed by atoms with E-state index in [0.29, 0.717) is 29.7 Å². The third kappa shape index (κ3) is 2.03. The Morgan fingerprint density at radius 3 is 2.75 bits per heavy atom.